The molecule has 2 rings (SSSR count). The maximum absolute atomic E-state index is 13.6. The zero-order valence-corrected chi connectivity index (χ0v) is 12.7. The van der Waals surface area contributed by atoms with E-state index in [4.69, 9.17) is 5.11 Å². The summed E-state index contributed by atoms with van der Waals surface area (Å²) in [5.41, 5.74) is -1.43. The van der Waals surface area contributed by atoms with Crippen molar-refractivity contribution in [1.29, 1.82) is 0 Å². The number of ether oxygens (including phenoxy) is 1. The number of rotatable bonds is 4. The van der Waals surface area contributed by atoms with E-state index in [9.17, 15) is 23.2 Å². The Kier molecular flexibility index (Phi) is 4.72. The molecule has 0 spiro atoms. The van der Waals surface area contributed by atoms with Crippen molar-refractivity contribution in [3.8, 4) is 11.3 Å². The van der Waals surface area contributed by atoms with Crippen LogP contribution in [0.3, 0.4) is 0 Å². The molecule has 0 aliphatic carbocycles. The SMILES string of the molecule is COC(=O)c1c(C)nc(=O)n(CC(=O)O)c1-c1ccc(F)c(F)c1. The number of nitrogens with zero attached hydrogens (tertiary/aromatic N) is 2. The van der Waals surface area contributed by atoms with Crippen molar-refractivity contribution >= 4 is 11.9 Å². The van der Waals surface area contributed by atoms with Gasteiger partial charge < -0.3 is 9.84 Å². The maximum Gasteiger partial charge on any atom is 0.348 e. The molecule has 1 aromatic heterocycles. The highest BCUT2D eigenvalue weighted by molar-refractivity contribution is 5.97. The van der Waals surface area contributed by atoms with Crippen LogP contribution in [0, 0.1) is 18.6 Å². The maximum atomic E-state index is 13.6. The smallest absolute Gasteiger partial charge is 0.348 e. The molecule has 9 heteroatoms. The molecule has 0 saturated heterocycles. The summed E-state index contributed by atoms with van der Waals surface area (Å²) in [5.74, 6) is -4.61. The molecular formula is C15H12F2N2O5. The van der Waals surface area contributed by atoms with Gasteiger partial charge in [-0.15, -0.1) is 0 Å². The Morgan fingerprint density at radius 3 is 2.50 bits per heavy atom. The standard InChI is InChI=1S/C15H12F2N2O5/c1-7-12(14(22)24-2)13(8-3-4-9(16)10(17)5-8)19(6-11(20)21)15(23)18-7/h3-5H,6H2,1-2H3,(H,20,21). The van der Waals surface area contributed by atoms with Crippen LogP contribution in [0.5, 0.6) is 0 Å². The second-order valence-electron chi connectivity index (χ2n) is 4.80. The van der Waals surface area contributed by atoms with E-state index in [1.54, 1.807) is 0 Å². The number of carboxylic acids is 1. The number of halogens is 2. The van der Waals surface area contributed by atoms with E-state index in [-0.39, 0.29) is 22.5 Å². The summed E-state index contributed by atoms with van der Waals surface area (Å²) >= 11 is 0. The van der Waals surface area contributed by atoms with E-state index >= 15 is 0 Å². The van der Waals surface area contributed by atoms with Crippen LogP contribution >= 0.6 is 0 Å². The van der Waals surface area contributed by atoms with E-state index in [0.29, 0.717) is 4.57 Å². The van der Waals surface area contributed by atoms with E-state index in [1.165, 1.54) is 6.92 Å². The van der Waals surface area contributed by atoms with Crippen LogP contribution in [0.2, 0.25) is 0 Å². The van der Waals surface area contributed by atoms with Gasteiger partial charge in [-0.05, 0) is 25.1 Å². The molecule has 2 aromatic rings. The Balaban J connectivity index is 2.91. The van der Waals surface area contributed by atoms with Crippen molar-refractivity contribution < 1.29 is 28.2 Å². The Morgan fingerprint density at radius 1 is 1.29 bits per heavy atom. The van der Waals surface area contributed by atoms with Gasteiger partial charge >= 0.3 is 17.6 Å². The highest BCUT2D eigenvalue weighted by Gasteiger charge is 2.24. The molecule has 0 fully saturated rings. The van der Waals surface area contributed by atoms with Crippen molar-refractivity contribution in [2.24, 2.45) is 0 Å². The highest BCUT2D eigenvalue weighted by atomic mass is 19.2. The molecular weight excluding hydrogens is 326 g/mol. The molecule has 0 radical (unpaired) electrons. The van der Waals surface area contributed by atoms with Crippen LogP contribution in [-0.2, 0) is 16.1 Å². The summed E-state index contributed by atoms with van der Waals surface area (Å²) in [5, 5.41) is 8.98. The van der Waals surface area contributed by atoms with Gasteiger partial charge in [-0.1, -0.05) is 0 Å². The van der Waals surface area contributed by atoms with Crippen molar-refractivity contribution in [2.45, 2.75) is 13.5 Å². The van der Waals surface area contributed by atoms with Gasteiger partial charge in [0.2, 0.25) is 0 Å². The Labute approximate surface area is 134 Å². The van der Waals surface area contributed by atoms with Crippen LogP contribution in [0.25, 0.3) is 11.3 Å². The number of aryl methyl sites for hydroxylation is 1. The van der Waals surface area contributed by atoms with Gasteiger partial charge in [0.05, 0.1) is 18.5 Å². The van der Waals surface area contributed by atoms with Crippen LogP contribution in [0.1, 0.15) is 16.1 Å². The molecule has 0 saturated carbocycles. The van der Waals surface area contributed by atoms with Gasteiger partial charge in [0.1, 0.15) is 12.1 Å². The third-order valence-electron chi connectivity index (χ3n) is 3.24. The summed E-state index contributed by atoms with van der Waals surface area (Å²) in [7, 11) is 1.09. The van der Waals surface area contributed by atoms with E-state index in [0.717, 1.165) is 25.3 Å². The van der Waals surface area contributed by atoms with Gasteiger partial charge in [-0.25, -0.2) is 18.4 Å². The summed E-state index contributed by atoms with van der Waals surface area (Å²) in [6.45, 7) is 0.534. The van der Waals surface area contributed by atoms with Gasteiger partial charge in [-0.2, -0.15) is 4.98 Å². The van der Waals surface area contributed by atoms with Gasteiger partial charge in [-0.3, -0.25) is 9.36 Å². The lowest BCUT2D eigenvalue weighted by Crippen LogP contribution is -2.31. The first-order valence-electron chi connectivity index (χ1n) is 6.63. The predicted molar refractivity (Wildman–Crippen MR) is 77.6 cm³/mol. The average Bonchev–Trinajstić information content (AvgIpc) is 2.51. The first-order valence-corrected chi connectivity index (χ1v) is 6.63. The lowest BCUT2D eigenvalue weighted by molar-refractivity contribution is -0.137. The van der Waals surface area contributed by atoms with Crippen LogP contribution in [-0.4, -0.2) is 33.7 Å². The van der Waals surface area contributed by atoms with Crippen molar-refractivity contribution in [3.05, 3.63) is 51.6 Å². The quantitative estimate of drug-likeness (QED) is 0.846. The second-order valence-corrected chi connectivity index (χ2v) is 4.80. The summed E-state index contributed by atoms with van der Waals surface area (Å²) in [6.07, 6.45) is 0. The van der Waals surface area contributed by atoms with Crippen molar-refractivity contribution in [2.75, 3.05) is 7.11 Å². The van der Waals surface area contributed by atoms with Gasteiger partial charge in [0.15, 0.2) is 11.6 Å². The van der Waals surface area contributed by atoms with Crippen LogP contribution in [0.15, 0.2) is 23.0 Å². The van der Waals surface area contributed by atoms with Crippen molar-refractivity contribution in [1.82, 2.24) is 9.55 Å². The number of hydrogen-bond donors (Lipinski definition) is 1. The highest BCUT2D eigenvalue weighted by Crippen LogP contribution is 2.26. The molecule has 0 aliphatic rings. The fraction of sp³-hybridized carbons (Fsp3) is 0.200. The number of carbonyl (C=O) groups is 2. The number of benzene rings is 1. The molecule has 1 heterocycles. The minimum absolute atomic E-state index is 0.0202. The third-order valence-corrected chi connectivity index (χ3v) is 3.24. The summed E-state index contributed by atoms with van der Waals surface area (Å²) in [4.78, 5) is 38.7. The second kappa shape index (κ2) is 6.57. The number of carbonyl (C=O) groups excluding carboxylic acids is 1. The van der Waals surface area contributed by atoms with Gasteiger partial charge in [0, 0.05) is 5.56 Å². The van der Waals surface area contributed by atoms with E-state index in [2.05, 4.69) is 9.72 Å². The average molecular weight is 338 g/mol. The lowest BCUT2D eigenvalue weighted by atomic mass is 10.0. The molecule has 1 aromatic carbocycles. The Morgan fingerprint density at radius 2 is 1.96 bits per heavy atom. The molecule has 0 unspecified atom stereocenters. The van der Waals surface area contributed by atoms with Crippen LogP contribution < -0.4 is 5.69 Å². The Hall–Kier alpha value is -3.10. The minimum Gasteiger partial charge on any atom is -0.480 e. The minimum atomic E-state index is -1.37. The van der Waals surface area contributed by atoms with Crippen LogP contribution in [0.4, 0.5) is 8.78 Å². The number of aliphatic carboxylic acids is 1. The first kappa shape index (κ1) is 17.3. The number of carboxylic acid groups (broad SMARTS) is 1. The lowest BCUT2D eigenvalue weighted by Gasteiger charge is -2.16. The predicted octanol–water partition coefficient (Wildman–Crippen LogP) is 1.37. The topological polar surface area (TPSA) is 98.5 Å². The molecule has 7 nitrogen and oxygen atoms in total. The summed E-state index contributed by atoms with van der Waals surface area (Å²) in [6, 6.07) is 2.68. The first-order chi connectivity index (χ1) is 11.3. The van der Waals surface area contributed by atoms with E-state index < -0.39 is 35.8 Å². The number of aromatic nitrogens is 2. The molecule has 0 bridgehead atoms. The number of methoxy groups -OCH3 is 1. The molecule has 126 valence electrons. The monoisotopic (exact) mass is 338 g/mol. The number of hydrogen-bond acceptors (Lipinski definition) is 5. The number of esters is 1. The largest absolute Gasteiger partial charge is 0.480 e. The fourth-order valence-corrected chi connectivity index (χ4v) is 2.23. The Bertz CT molecular complexity index is 892. The zero-order valence-electron chi connectivity index (χ0n) is 12.7. The molecule has 0 aliphatic heterocycles. The third kappa shape index (κ3) is 3.14. The summed E-state index contributed by atoms with van der Waals surface area (Å²) < 4.78 is 32.0. The molecule has 0 atom stereocenters. The molecule has 1 N–H and O–H groups in total. The molecule has 0 amide bonds. The normalized spacial score (nSPS) is 10.5. The molecule has 24 heavy (non-hydrogen) atoms. The van der Waals surface area contributed by atoms with Crippen molar-refractivity contribution in [3.63, 3.8) is 0 Å². The van der Waals surface area contributed by atoms with Gasteiger partial charge in [0.25, 0.3) is 0 Å². The fourth-order valence-electron chi connectivity index (χ4n) is 2.23. The zero-order chi connectivity index (χ0) is 18.0. The van der Waals surface area contributed by atoms with E-state index in [1.807, 2.05) is 0 Å².